The molecule has 164 valence electrons. The summed E-state index contributed by atoms with van der Waals surface area (Å²) in [5.41, 5.74) is 0.995. The van der Waals surface area contributed by atoms with Gasteiger partial charge in [0.25, 0.3) is 0 Å². The van der Waals surface area contributed by atoms with Crippen molar-refractivity contribution < 1.29 is 18.7 Å². The smallest absolute Gasteiger partial charge is 0.411 e. The number of piperidine rings is 1. The molecule has 2 heterocycles. The fourth-order valence-corrected chi connectivity index (χ4v) is 5.42. The SMILES string of the molecule is CC1C(c2ccccc2)OC(=O)N1C1CCN(C(=O)CSc2ccc(F)cc2Cl)CC1. The van der Waals surface area contributed by atoms with Crippen molar-refractivity contribution in [3.8, 4) is 0 Å². The number of carbonyl (C=O) groups excluding carboxylic acids is 2. The third kappa shape index (κ3) is 4.83. The van der Waals surface area contributed by atoms with Crippen molar-refractivity contribution in [3.05, 3.63) is 64.9 Å². The Morgan fingerprint density at radius 3 is 2.58 bits per heavy atom. The lowest BCUT2D eigenvalue weighted by Gasteiger charge is -2.37. The van der Waals surface area contributed by atoms with Crippen LogP contribution in [-0.4, -0.2) is 52.7 Å². The van der Waals surface area contributed by atoms with Crippen LogP contribution in [0.5, 0.6) is 0 Å². The van der Waals surface area contributed by atoms with E-state index in [0.717, 1.165) is 5.56 Å². The topological polar surface area (TPSA) is 49.9 Å². The van der Waals surface area contributed by atoms with Crippen molar-refractivity contribution >= 4 is 35.4 Å². The Labute approximate surface area is 190 Å². The zero-order valence-electron chi connectivity index (χ0n) is 17.2. The number of carbonyl (C=O) groups is 2. The van der Waals surface area contributed by atoms with E-state index in [1.165, 1.54) is 23.9 Å². The van der Waals surface area contributed by atoms with Crippen molar-refractivity contribution in [1.82, 2.24) is 9.80 Å². The molecule has 2 fully saturated rings. The maximum atomic E-state index is 13.2. The van der Waals surface area contributed by atoms with E-state index < -0.39 is 5.82 Å². The number of hydrogen-bond donors (Lipinski definition) is 0. The van der Waals surface area contributed by atoms with E-state index in [1.807, 2.05) is 47.1 Å². The van der Waals surface area contributed by atoms with E-state index in [1.54, 1.807) is 6.07 Å². The summed E-state index contributed by atoms with van der Waals surface area (Å²) in [6.07, 6.45) is 0.876. The van der Waals surface area contributed by atoms with Crippen LogP contribution in [0.4, 0.5) is 9.18 Å². The molecule has 0 N–H and O–H groups in total. The molecule has 31 heavy (non-hydrogen) atoms. The summed E-state index contributed by atoms with van der Waals surface area (Å²) in [7, 11) is 0. The van der Waals surface area contributed by atoms with Gasteiger partial charge in [-0.15, -0.1) is 11.8 Å². The third-order valence-corrected chi connectivity index (χ3v) is 7.38. The summed E-state index contributed by atoms with van der Waals surface area (Å²) < 4.78 is 18.8. The van der Waals surface area contributed by atoms with Crippen molar-refractivity contribution in [2.75, 3.05) is 18.8 Å². The molecule has 0 bridgehead atoms. The Bertz CT molecular complexity index is 953. The summed E-state index contributed by atoms with van der Waals surface area (Å²) in [6.45, 7) is 3.20. The predicted molar refractivity (Wildman–Crippen MR) is 119 cm³/mol. The zero-order valence-corrected chi connectivity index (χ0v) is 18.7. The van der Waals surface area contributed by atoms with E-state index in [4.69, 9.17) is 16.3 Å². The number of ether oxygens (including phenoxy) is 1. The molecule has 0 spiro atoms. The summed E-state index contributed by atoms with van der Waals surface area (Å²) in [6, 6.07) is 14.0. The van der Waals surface area contributed by atoms with E-state index >= 15 is 0 Å². The first-order valence-corrected chi connectivity index (χ1v) is 11.7. The van der Waals surface area contributed by atoms with Crippen molar-refractivity contribution in [2.45, 2.75) is 42.8 Å². The molecule has 2 atom stereocenters. The lowest BCUT2D eigenvalue weighted by atomic mass is 9.98. The largest absolute Gasteiger partial charge is 0.439 e. The molecule has 2 amide bonds. The monoisotopic (exact) mass is 462 g/mol. The van der Waals surface area contributed by atoms with Gasteiger partial charge >= 0.3 is 6.09 Å². The number of thioether (sulfide) groups is 1. The molecule has 0 aliphatic carbocycles. The van der Waals surface area contributed by atoms with Crippen LogP contribution < -0.4 is 0 Å². The predicted octanol–water partition coefficient (Wildman–Crippen LogP) is 5.14. The summed E-state index contributed by atoms with van der Waals surface area (Å²) in [5.74, 6) is -0.135. The highest BCUT2D eigenvalue weighted by Gasteiger charge is 2.44. The highest BCUT2D eigenvalue weighted by atomic mass is 35.5. The van der Waals surface area contributed by atoms with E-state index in [9.17, 15) is 14.0 Å². The molecular weight excluding hydrogens is 439 g/mol. The van der Waals surface area contributed by atoms with Gasteiger partial charge < -0.3 is 9.64 Å². The molecule has 2 unspecified atom stereocenters. The molecular formula is C23H24ClFN2O3S. The molecule has 8 heteroatoms. The van der Waals surface area contributed by atoms with Gasteiger partial charge in [-0.2, -0.15) is 0 Å². The quantitative estimate of drug-likeness (QED) is 0.577. The number of rotatable bonds is 5. The normalized spacial score (nSPS) is 22.0. The van der Waals surface area contributed by atoms with Gasteiger partial charge in [0.1, 0.15) is 11.9 Å². The van der Waals surface area contributed by atoms with Gasteiger partial charge in [0.15, 0.2) is 0 Å². The number of nitrogens with zero attached hydrogens (tertiary/aromatic N) is 2. The van der Waals surface area contributed by atoms with Crippen LogP contribution in [0.2, 0.25) is 5.02 Å². The van der Waals surface area contributed by atoms with Gasteiger partial charge in [-0.25, -0.2) is 9.18 Å². The highest BCUT2D eigenvalue weighted by molar-refractivity contribution is 8.00. The minimum absolute atomic E-state index is 0.0167. The Morgan fingerprint density at radius 2 is 1.90 bits per heavy atom. The lowest BCUT2D eigenvalue weighted by molar-refractivity contribution is -0.129. The Kier molecular flexibility index (Phi) is 6.72. The first kappa shape index (κ1) is 22.0. The van der Waals surface area contributed by atoms with Gasteiger partial charge in [-0.1, -0.05) is 41.9 Å². The van der Waals surface area contributed by atoms with Crippen LogP contribution in [0.15, 0.2) is 53.4 Å². The van der Waals surface area contributed by atoms with Gasteiger partial charge in [0, 0.05) is 24.0 Å². The van der Waals surface area contributed by atoms with Gasteiger partial charge in [-0.3, -0.25) is 9.69 Å². The molecule has 4 rings (SSSR count). The van der Waals surface area contributed by atoms with Crippen LogP contribution in [0.1, 0.15) is 31.4 Å². The molecule has 0 aromatic heterocycles. The Hall–Kier alpha value is -2.25. The van der Waals surface area contributed by atoms with Crippen LogP contribution in [0.3, 0.4) is 0 Å². The van der Waals surface area contributed by atoms with Crippen molar-refractivity contribution in [1.29, 1.82) is 0 Å². The lowest BCUT2D eigenvalue weighted by Crippen LogP contribution is -2.49. The van der Waals surface area contributed by atoms with Crippen molar-refractivity contribution in [3.63, 3.8) is 0 Å². The standard InChI is InChI=1S/C23H24ClFN2O3S/c1-15-22(16-5-3-2-4-6-16)30-23(29)27(15)18-9-11-26(12-10-18)21(28)14-31-20-8-7-17(25)13-19(20)24/h2-8,13,15,18,22H,9-12,14H2,1H3. The molecule has 2 aromatic rings. The van der Waals surface area contributed by atoms with E-state index in [0.29, 0.717) is 35.8 Å². The maximum Gasteiger partial charge on any atom is 0.411 e. The number of halogens is 2. The highest BCUT2D eigenvalue weighted by Crippen LogP contribution is 2.36. The minimum Gasteiger partial charge on any atom is -0.439 e. The van der Waals surface area contributed by atoms with E-state index in [-0.39, 0.29) is 35.9 Å². The van der Waals surface area contributed by atoms with Gasteiger partial charge in [0.2, 0.25) is 5.91 Å². The number of cyclic esters (lactones) is 1. The van der Waals surface area contributed by atoms with Gasteiger partial charge in [0.05, 0.1) is 16.8 Å². The fourth-order valence-electron chi connectivity index (χ4n) is 4.27. The molecule has 2 aliphatic rings. The number of benzene rings is 2. The summed E-state index contributed by atoms with van der Waals surface area (Å²) >= 11 is 7.35. The number of likely N-dealkylation sites (tertiary alicyclic amines) is 1. The molecule has 0 radical (unpaired) electrons. The van der Waals surface area contributed by atoms with Crippen LogP contribution >= 0.6 is 23.4 Å². The molecule has 2 aliphatic heterocycles. The minimum atomic E-state index is -0.396. The second-order valence-corrected chi connectivity index (χ2v) is 9.26. The first-order chi connectivity index (χ1) is 14.9. The average molecular weight is 463 g/mol. The number of hydrogen-bond acceptors (Lipinski definition) is 4. The molecule has 2 aromatic carbocycles. The maximum absolute atomic E-state index is 13.2. The Balaban J connectivity index is 1.31. The van der Waals surface area contributed by atoms with Crippen LogP contribution in [-0.2, 0) is 9.53 Å². The fraction of sp³-hybridized carbons (Fsp3) is 0.391. The average Bonchev–Trinajstić information content (AvgIpc) is 3.07. The second kappa shape index (κ2) is 9.49. The molecule has 2 saturated heterocycles. The first-order valence-electron chi connectivity index (χ1n) is 10.3. The van der Waals surface area contributed by atoms with Crippen molar-refractivity contribution in [2.24, 2.45) is 0 Å². The van der Waals surface area contributed by atoms with Gasteiger partial charge in [-0.05, 0) is 43.5 Å². The summed E-state index contributed by atoms with van der Waals surface area (Å²) in [4.78, 5) is 29.6. The van der Waals surface area contributed by atoms with Crippen LogP contribution in [0, 0.1) is 5.82 Å². The summed E-state index contributed by atoms with van der Waals surface area (Å²) in [5, 5.41) is 0.311. The Morgan fingerprint density at radius 1 is 1.19 bits per heavy atom. The zero-order chi connectivity index (χ0) is 22.0. The molecule has 0 saturated carbocycles. The second-order valence-electron chi connectivity index (χ2n) is 7.84. The third-order valence-electron chi connectivity index (χ3n) is 5.90. The van der Waals surface area contributed by atoms with Crippen LogP contribution in [0.25, 0.3) is 0 Å². The van der Waals surface area contributed by atoms with E-state index in [2.05, 4.69) is 0 Å². The number of amides is 2. The molecule has 5 nitrogen and oxygen atoms in total.